The molecule has 17 heavy (non-hydrogen) atoms. The van der Waals surface area contributed by atoms with Crippen LogP contribution in [-0.4, -0.2) is 6.04 Å². The third-order valence-electron chi connectivity index (χ3n) is 2.86. The molecule has 92 valence electrons. The van der Waals surface area contributed by atoms with Crippen LogP contribution in [0.4, 0.5) is 5.69 Å². The Kier molecular flexibility index (Phi) is 6.07. The monoisotopic (exact) mass is 294 g/mol. The van der Waals surface area contributed by atoms with Gasteiger partial charge in [0.05, 0.1) is 11.6 Å². The van der Waals surface area contributed by atoms with Crippen LogP contribution in [0.25, 0.3) is 0 Å². The highest BCUT2D eigenvalue weighted by Crippen LogP contribution is 2.25. The average Bonchev–Trinajstić information content (AvgIpc) is 2.36. The maximum absolute atomic E-state index is 8.81. The van der Waals surface area contributed by atoms with E-state index in [1.54, 1.807) is 0 Å². The number of hydrogen-bond donors (Lipinski definition) is 1. The Morgan fingerprint density at radius 3 is 2.71 bits per heavy atom. The van der Waals surface area contributed by atoms with Crippen molar-refractivity contribution in [3.63, 3.8) is 0 Å². The summed E-state index contributed by atoms with van der Waals surface area (Å²) in [6.45, 7) is 4.41. The minimum atomic E-state index is 0.513. The molecular formula is C14H19BrN2. The highest BCUT2D eigenvalue weighted by molar-refractivity contribution is 9.10. The van der Waals surface area contributed by atoms with Gasteiger partial charge < -0.3 is 5.32 Å². The SMILES string of the molecule is CCCCC(CC)Nc1ccc(C#N)cc1Br. The third-order valence-corrected chi connectivity index (χ3v) is 3.51. The molecule has 0 fully saturated rings. The van der Waals surface area contributed by atoms with Crippen molar-refractivity contribution in [3.05, 3.63) is 28.2 Å². The van der Waals surface area contributed by atoms with Gasteiger partial charge in [-0.25, -0.2) is 0 Å². The molecule has 1 rings (SSSR count). The summed E-state index contributed by atoms with van der Waals surface area (Å²) in [5, 5.41) is 12.3. The van der Waals surface area contributed by atoms with Gasteiger partial charge in [0.2, 0.25) is 0 Å². The lowest BCUT2D eigenvalue weighted by Gasteiger charge is -2.19. The van der Waals surface area contributed by atoms with E-state index in [9.17, 15) is 0 Å². The summed E-state index contributed by atoms with van der Waals surface area (Å²) in [6.07, 6.45) is 4.79. The maximum atomic E-state index is 8.81. The summed E-state index contributed by atoms with van der Waals surface area (Å²) >= 11 is 3.50. The third kappa shape index (κ3) is 4.40. The van der Waals surface area contributed by atoms with Crippen LogP contribution in [0.2, 0.25) is 0 Å². The predicted octanol–water partition coefficient (Wildman–Crippen LogP) is 4.70. The standard InChI is InChI=1S/C14H19BrN2/c1-3-5-6-12(4-2)17-14-8-7-11(10-16)9-13(14)15/h7-9,12,17H,3-6H2,1-2H3. The molecular weight excluding hydrogens is 276 g/mol. The van der Waals surface area contributed by atoms with Crippen molar-refractivity contribution in [3.8, 4) is 6.07 Å². The average molecular weight is 295 g/mol. The van der Waals surface area contributed by atoms with Crippen LogP contribution in [0.1, 0.15) is 45.1 Å². The topological polar surface area (TPSA) is 35.8 Å². The van der Waals surface area contributed by atoms with Gasteiger partial charge in [0.25, 0.3) is 0 Å². The van der Waals surface area contributed by atoms with E-state index < -0.39 is 0 Å². The van der Waals surface area contributed by atoms with E-state index in [1.165, 1.54) is 19.3 Å². The van der Waals surface area contributed by atoms with Crippen molar-refractivity contribution < 1.29 is 0 Å². The molecule has 0 saturated carbocycles. The van der Waals surface area contributed by atoms with Gasteiger partial charge in [0.1, 0.15) is 0 Å². The lowest BCUT2D eigenvalue weighted by Crippen LogP contribution is -2.18. The summed E-state index contributed by atoms with van der Waals surface area (Å²) < 4.78 is 0.964. The van der Waals surface area contributed by atoms with E-state index >= 15 is 0 Å². The number of nitrogens with zero attached hydrogens (tertiary/aromatic N) is 1. The second kappa shape index (κ2) is 7.34. The van der Waals surface area contributed by atoms with Crippen molar-refractivity contribution in [1.29, 1.82) is 5.26 Å². The van der Waals surface area contributed by atoms with E-state index in [1.807, 2.05) is 18.2 Å². The Bertz CT molecular complexity index is 396. The van der Waals surface area contributed by atoms with E-state index in [0.717, 1.165) is 16.6 Å². The van der Waals surface area contributed by atoms with E-state index in [4.69, 9.17) is 5.26 Å². The lowest BCUT2D eigenvalue weighted by atomic mass is 10.1. The maximum Gasteiger partial charge on any atom is 0.0992 e. The highest BCUT2D eigenvalue weighted by Gasteiger charge is 2.08. The summed E-state index contributed by atoms with van der Waals surface area (Å²) in [4.78, 5) is 0. The van der Waals surface area contributed by atoms with Crippen molar-refractivity contribution in [2.45, 2.75) is 45.6 Å². The zero-order valence-corrected chi connectivity index (χ0v) is 12.0. The Balaban J connectivity index is 2.69. The summed E-state index contributed by atoms with van der Waals surface area (Å²) in [6, 6.07) is 8.32. The number of unbranched alkanes of at least 4 members (excludes halogenated alkanes) is 1. The molecule has 1 atom stereocenters. The molecule has 0 bridgehead atoms. The van der Waals surface area contributed by atoms with Gasteiger partial charge in [-0.3, -0.25) is 0 Å². The normalized spacial score (nSPS) is 11.9. The molecule has 0 saturated heterocycles. The van der Waals surface area contributed by atoms with E-state index in [2.05, 4.69) is 41.2 Å². The molecule has 1 unspecified atom stereocenters. The van der Waals surface area contributed by atoms with Crippen LogP contribution >= 0.6 is 15.9 Å². The molecule has 0 aliphatic heterocycles. The number of nitriles is 1. The summed E-state index contributed by atoms with van der Waals surface area (Å²) in [5.41, 5.74) is 1.76. The number of halogens is 1. The molecule has 0 aromatic heterocycles. The van der Waals surface area contributed by atoms with Gasteiger partial charge >= 0.3 is 0 Å². The van der Waals surface area contributed by atoms with Crippen LogP contribution < -0.4 is 5.32 Å². The zero-order valence-electron chi connectivity index (χ0n) is 10.5. The van der Waals surface area contributed by atoms with Gasteiger partial charge in [-0.05, 0) is 47.0 Å². The molecule has 1 aromatic carbocycles. The zero-order chi connectivity index (χ0) is 12.7. The van der Waals surface area contributed by atoms with Crippen molar-refractivity contribution in [2.75, 3.05) is 5.32 Å². The fraction of sp³-hybridized carbons (Fsp3) is 0.500. The minimum Gasteiger partial charge on any atom is -0.381 e. The van der Waals surface area contributed by atoms with Crippen LogP contribution in [0.15, 0.2) is 22.7 Å². The largest absolute Gasteiger partial charge is 0.381 e. The first-order chi connectivity index (χ1) is 8.21. The molecule has 0 amide bonds. The van der Waals surface area contributed by atoms with Gasteiger partial charge in [-0.15, -0.1) is 0 Å². The number of benzene rings is 1. The first-order valence-corrected chi connectivity index (χ1v) is 6.96. The molecule has 0 aliphatic rings. The molecule has 2 nitrogen and oxygen atoms in total. The first-order valence-electron chi connectivity index (χ1n) is 6.17. The second-order valence-corrected chi connectivity index (χ2v) is 5.05. The number of nitrogens with one attached hydrogen (secondary N) is 1. The van der Waals surface area contributed by atoms with E-state index in [-0.39, 0.29) is 0 Å². The summed E-state index contributed by atoms with van der Waals surface area (Å²) in [5.74, 6) is 0. The number of rotatable bonds is 6. The molecule has 0 heterocycles. The number of hydrogen-bond acceptors (Lipinski definition) is 2. The summed E-state index contributed by atoms with van der Waals surface area (Å²) in [7, 11) is 0. The molecule has 0 radical (unpaired) electrons. The molecule has 1 N–H and O–H groups in total. The minimum absolute atomic E-state index is 0.513. The van der Waals surface area contributed by atoms with Gasteiger partial charge in [-0.2, -0.15) is 5.26 Å². The van der Waals surface area contributed by atoms with E-state index in [0.29, 0.717) is 11.6 Å². The molecule has 1 aromatic rings. The Labute approximate surface area is 112 Å². The van der Waals surface area contributed by atoms with Crippen LogP contribution in [0, 0.1) is 11.3 Å². The fourth-order valence-electron chi connectivity index (χ4n) is 1.75. The quantitative estimate of drug-likeness (QED) is 0.825. The predicted molar refractivity (Wildman–Crippen MR) is 76.1 cm³/mol. The second-order valence-electron chi connectivity index (χ2n) is 4.20. The smallest absolute Gasteiger partial charge is 0.0992 e. The first kappa shape index (κ1) is 14.1. The highest BCUT2D eigenvalue weighted by atomic mass is 79.9. The Hall–Kier alpha value is -1.01. The Morgan fingerprint density at radius 1 is 1.41 bits per heavy atom. The molecule has 0 spiro atoms. The Morgan fingerprint density at radius 2 is 2.18 bits per heavy atom. The van der Waals surface area contributed by atoms with Gasteiger partial charge in [0, 0.05) is 16.2 Å². The molecule has 3 heteroatoms. The van der Waals surface area contributed by atoms with Crippen molar-refractivity contribution in [2.24, 2.45) is 0 Å². The van der Waals surface area contributed by atoms with Crippen LogP contribution in [-0.2, 0) is 0 Å². The van der Waals surface area contributed by atoms with Gasteiger partial charge in [-0.1, -0.05) is 26.7 Å². The van der Waals surface area contributed by atoms with Crippen molar-refractivity contribution >= 4 is 21.6 Å². The van der Waals surface area contributed by atoms with Crippen LogP contribution in [0.5, 0.6) is 0 Å². The number of anilines is 1. The van der Waals surface area contributed by atoms with Crippen molar-refractivity contribution in [1.82, 2.24) is 0 Å². The lowest BCUT2D eigenvalue weighted by molar-refractivity contribution is 0.593. The fourth-order valence-corrected chi connectivity index (χ4v) is 2.24. The molecule has 0 aliphatic carbocycles. The van der Waals surface area contributed by atoms with Gasteiger partial charge in [0.15, 0.2) is 0 Å². The van der Waals surface area contributed by atoms with Crippen LogP contribution in [0.3, 0.4) is 0 Å².